The zero-order valence-corrected chi connectivity index (χ0v) is 17.8. The maximum absolute atomic E-state index is 6.02. The highest BCUT2D eigenvalue weighted by Crippen LogP contribution is 2.38. The molecule has 0 unspecified atom stereocenters. The summed E-state index contributed by atoms with van der Waals surface area (Å²) in [7, 11) is 0. The molecule has 3 aromatic carbocycles. The molecule has 0 radical (unpaired) electrons. The molecule has 0 saturated heterocycles. The van der Waals surface area contributed by atoms with Crippen LogP contribution in [0.3, 0.4) is 0 Å². The SMILES string of the molecule is Clc1ccc(Sc2ccc(Sc3ccc(Cl)cc3)c(-c3ccccc3)n2)cc1. The van der Waals surface area contributed by atoms with Gasteiger partial charge in [-0.3, -0.25) is 0 Å². The summed E-state index contributed by atoms with van der Waals surface area (Å²) in [5.41, 5.74) is 2.07. The molecule has 5 heteroatoms. The van der Waals surface area contributed by atoms with Gasteiger partial charge in [0.05, 0.1) is 5.69 Å². The number of pyridine rings is 1. The highest BCUT2D eigenvalue weighted by atomic mass is 35.5. The molecule has 138 valence electrons. The molecular formula is C23H15Cl2NS2. The van der Waals surface area contributed by atoms with E-state index < -0.39 is 0 Å². The van der Waals surface area contributed by atoms with E-state index >= 15 is 0 Å². The van der Waals surface area contributed by atoms with Crippen LogP contribution in [0.4, 0.5) is 0 Å². The van der Waals surface area contributed by atoms with E-state index in [4.69, 9.17) is 28.2 Å². The van der Waals surface area contributed by atoms with Crippen LogP contribution in [0.15, 0.2) is 111 Å². The lowest BCUT2D eigenvalue weighted by Crippen LogP contribution is -1.90. The van der Waals surface area contributed by atoms with E-state index in [-0.39, 0.29) is 0 Å². The van der Waals surface area contributed by atoms with Gasteiger partial charge in [0.2, 0.25) is 0 Å². The van der Waals surface area contributed by atoms with E-state index in [0.29, 0.717) is 0 Å². The van der Waals surface area contributed by atoms with Crippen molar-refractivity contribution >= 4 is 46.7 Å². The minimum Gasteiger partial charge on any atom is -0.240 e. The van der Waals surface area contributed by atoms with E-state index in [2.05, 4.69) is 24.3 Å². The van der Waals surface area contributed by atoms with Crippen molar-refractivity contribution in [1.82, 2.24) is 4.98 Å². The average molecular weight is 440 g/mol. The first-order chi connectivity index (χ1) is 13.7. The van der Waals surface area contributed by atoms with Crippen LogP contribution in [0.1, 0.15) is 0 Å². The first-order valence-corrected chi connectivity index (χ1v) is 11.0. The van der Waals surface area contributed by atoms with Crippen LogP contribution in [0.5, 0.6) is 0 Å². The third-order valence-corrected chi connectivity index (χ3v) is 6.46. The second-order valence-corrected chi connectivity index (χ2v) is 9.06. The van der Waals surface area contributed by atoms with E-state index in [1.54, 1.807) is 23.5 Å². The monoisotopic (exact) mass is 439 g/mol. The van der Waals surface area contributed by atoms with Gasteiger partial charge in [0.15, 0.2) is 0 Å². The van der Waals surface area contributed by atoms with Crippen molar-refractivity contribution in [2.75, 3.05) is 0 Å². The van der Waals surface area contributed by atoms with Crippen molar-refractivity contribution in [3.63, 3.8) is 0 Å². The number of aromatic nitrogens is 1. The lowest BCUT2D eigenvalue weighted by atomic mass is 10.1. The maximum Gasteiger partial charge on any atom is 0.102 e. The van der Waals surface area contributed by atoms with Gasteiger partial charge >= 0.3 is 0 Å². The zero-order valence-electron chi connectivity index (χ0n) is 14.7. The molecule has 0 bridgehead atoms. The van der Waals surface area contributed by atoms with Crippen LogP contribution in [0, 0.1) is 0 Å². The predicted molar refractivity (Wildman–Crippen MR) is 121 cm³/mol. The molecule has 0 fully saturated rings. The number of rotatable bonds is 5. The van der Waals surface area contributed by atoms with Crippen molar-refractivity contribution < 1.29 is 0 Å². The van der Waals surface area contributed by atoms with Gasteiger partial charge in [-0.05, 0) is 60.7 Å². The van der Waals surface area contributed by atoms with Crippen molar-refractivity contribution in [3.8, 4) is 11.3 Å². The normalized spacial score (nSPS) is 10.8. The summed E-state index contributed by atoms with van der Waals surface area (Å²) in [6.45, 7) is 0. The molecule has 1 aromatic heterocycles. The van der Waals surface area contributed by atoms with Crippen molar-refractivity contribution in [3.05, 3.63) is 101 Å². The summed E-state index contributed by atoms with van der Waals surface area (Å²) in [5.74, 6) is 0. The van der Waals surface area contributed by atoms with Crippen molar-refractivity contribution in [2.24, 2.45) is 0 Å². The number of hydrogen-bond donors (Lipinski definition) is 0. The van der Waals surface area contributed by atoms with Crippen molar-refractivity contribution in [2.45, 2.75) is 19.7 Å². The summed E-state index contributed by atoms with van der Waals surface area (Å²) >= 11 is 15.3. The summed E-state index contributed by atoms with van der Waals surface area (Å²) in [6.07, 6.45) is 0. The van der Waals surface area contributed by atoms with Gasteiger partial charge < -0.3 is 0 Å². The maximum atomic E-state index is 6.02. The molecular weight excluding hydrogens is 425 g/mol. The minimum atomic E-state index is 0.733. The number of halogens is 2. The van der Waals surface area contributed by atoms with Crippen LogP contribution < -0.4 is 0 Å². The molecule has 28 heavy (non-hydrogen) atoms. The molecule has 0 aliphatic heterocycles. The van der Waals surface area contributed by atoms with Gasteiger partial charge in [0, 0.05) is 30.3 Å². The van der Waals surface area contributed by atoms with E-state index in [0.717, 1.165) is 41.0 Å². The molecule has 0 atom stereocenters. The van der Waals surface area contributed by atoms with Crippen molar-refractivity contribution in [1.29, 1.82) is 0 Å². The lowest BCUT2D eigenvalue weighted by molar-refractivity contribution is 1.09. The summed E-state index contributed by atoms with van der Waals surface area (Å²) in [6, 6.07) is 30.1. The molecule has 4 rings (SSSR count). The fraction of sp³-hybridized carbons (Fsp3) is 0. The first kappa shape index (κ1) is 19.4. The van der Waals surface area contributed by atoms with Gasteiger partial charge in [-0.2, -0.15) is 0 Å². The first-order valence-electron chi connectivity index (χ1n) is 8.61. The zero-order chi connectivity index (χ0) is 19.3. The largest absolute Gasteiger partial charge is 0.240 e. The highest BCUT2D eigenvalue weighted by molar-refractivity contribution is 7.99. The van der Waals surface area contributed by atoms with Gasteiger partial charge in [-0.1, -0.05) is 77.1 Å². The third-order valence-electron chi connectivity index (χ3n) is 3.96. The second kappa shape index (κ2) is 9.06. The molecule has 0 N–H and O–H groups in total. The summed E-state index contributed by atoms with van der Waals surface area (Å²) in [4.78, 5) is 8.29. The van der Waals surface area contributed by atoms with Crippen LogP contribution in [0.2, 0.25) is 10.0 Å². The number of hydrogen-bond acceptors (Lipinski definition) is 3. The molecule has 1 nitrogen and oxygen atoms in total. The second-order valence-electron chi connectivity index (χ2n) is 5.97. The Morgan fingerprint density at radius 1 is 0.571 bits per heavy atom. The minimum absolute atomic E-state index is 0.733. The quantitative estimate of drug-likeness (QED) is 0.309. The molecule has 0 saturated carbocycles. The van der Waals surface area contributed by atoms with Crippen LogP contribution in [0.25, 0.3) is 11.3 Å². The van der Waals surface area contributed by atoms with Crippen LogP contribution in [-0.4, -0.2) is 4.98 Å². The Morgan fingerprint density at radius 3 is 1.75 bits per heavy atom. The summed E-state index contributed by atoms with van der Waals surface area (Å²) < 4.78 is 0. The Bertz CT molecular complexity index is 1070. The topological polar surface area (TPSA) is 12.9 Å². The Balaban J connectivity index is 1.69. The molecule has 1 heterocycles. The van der Waals surface area contributed by atoms with Crippen LogP contribution >= 0.6 is 46.7 Å². The predicted octanol–water partition coefficient (Wildman–Crippen LogP) is 8.36. The van der Waals surface area contributed by atoms with Gasteiger partial charge in [-0.25, -0.2) is 4.98 Å². The van der Waals surface area contributed by atoms with E-state index in [1.807, 2.05) is 66.7 Å². The number of nitrogens with zero attached hydrogens (tertiary/aromatic N) is 1. The van der Waals surface area contributed by atoms with E-state index in [9.17, 15) is 0 Å². The summed E-state index contributed by atoms with van der Waals surface area (Å²) in [5, 5.41) is 2.42. The number of benzene rings is 3. The Labute approximate surface area is 183 Å². The third kappa shape index (κ3) is 4.92. The molecule has 0 aliphatic carbocycles. The Morgan fingerprint density at radius 2 is 1.14 bits per heavy atom. The molecule has 0 spiro atoms. The van der Waals surface area contributed by atoms with E-state index in [1.165, 1.54) is 0 Å². The molecule has 4 aromatic rings. The van der Waals surface area contributed by atoms with Gasteiger partial charge in [0.1, 0.15) is 5.03 Å². The van der Waals surface area contributed by atoms with Gasteiger partial charge in [0.25, 0.3) is 0 Å². The Hall–Kier alpha value is -1.91. The Kier molecular flexibility index (Phi) is 6.28. The highest BCUT2D eigenvalue weighted by Gasteiger charge is 2.11. The smallest absolute Gasteiger partial charge is 0.102 e. The standard InChI is InChI=1S/C23H15Cl2NS2/c24-17-6-10-19(11-7-17)27-21-14-15-22(28-20-12-8-18(25)9-13-20)26-23(21)16-4-2-1-3-5-16/h1-15H. The lowest BCUT2D eigenvalue weighted by Gasteiger charge is -2.11. The van der Waals surface area contributed by atoms with Gasteiger partial charge in [-0.15, -0.1) is 0 Å². The molecule has 0 amide bonds. The fourth-order valence-corrected chi connectivity index (χ4v) is 4.58. The fourth-order valence-electron chi connectivity index (χ4n) is 2.62. The van der Waals surface area contributed by atoms with Crippen LogP contribution in [-0.2, 0) is 0 Å². The average Bonchev–Trinajstić information content (AvgIpc) is 2.73. The molecule has 0 aliphatic rings.